The van der Waals surface area contributed by atoms with Crippen molar-refractivity contribution in [3.8, 4) is 5.75 Å². The highest BCUT2D eigenvalue weighted by atomic mass is 19.4. The summed E-state index contributed by atoms with van der Waals surface area (Å²) in [6.07, 6.45) is -4.49. The first-order chi connectivity index (χ1) is 7.45. The number of hydrogen-bond donors (Lipinski definition) is 1. The van der Waals surface area contributed by atoms with Gasteiger partial charge >= 0.3 is 6.18 Å². The average Bonchev–Trinajstić information content (AvgIpc) is 2.25. The Labute approximate surface area is 90.2 Å². The molecule has 0 spiro atoms. The third-order valence-corrected chi connectivity index (χ3v) is 1.83. The quantitative estimate of drug-likeness (QED) is 0.864. The van der Waals surface area contributed by atoms with Crippen LogP contribution in [-0.4, -0.2) is 19.6 Å². The van der Waals surface area contributed by atoms with Gasteiger partial charge in [-0.05, 0) is 12.1 Å². The van der Waals surface area contributed by atoms with Crippen molar-refractivity contribution < 1.29 is 22.7 Å². The normalized spacial score (nSPS) is 11.0. The zero-order valence-electron chi connectivity index (χ0n) is 8.47. The molecular formula is C10H10F3NO2. The number of nitrogens with one attached hydrogen (secondary N) is 1. The molecule has 3 nitrogen and oxygen atoms in total. The number of benzene rings is 1. The number of carbonyl (C=O) groups excluding carboxylic acids is 1. The fraction of sp³-hybridized carbons (Fsp3) is 0.300. The van der Waals surface area contributed by atoms with Crippen molar-refractivity contribution in [2.45, 2.75) is 6.18 Å². The van der Waals surface area contributed by atoms with Gasteiger partial charge in [-0.25, -0.2) is 0 Å². The number of amides is 1. The number of likely N-dealkylation sites (N-methyl/N-ethyl adjacent to an activating group) is 1. The van der Waals surface area contributed by atoms with Crippen LogP contribution in [-0.2, 0) is 11.0 Å². The lowest BCUT2D eigenvalue weighted by Crippen LogP contribution is -2.25. The third kappa shape index (κ3) is 3.15. The molecule has 0 radical (unpaired) electrons. The summed E-state index contributed by atoms with van der Waals surface area (Å²) in [6, 6.07) is 4.74. The van der Waals surface area contributed by atoms with Gasteiger partial charge in [-0.15, -0.1) is 0 Å². The molecule has 0 saturated heterocycles. The molecule has 88 valence electrons. The van der Waals surface area contributed by atoms with Crippen LogP contribution >= 0.6 is 0 Å². The number of ether oxygens (including phenoxy) is 1. The van der Waals surface area contributed by atoms with E-state index in [4.69, 9.17) is 4.74 Å². The minimum atomic E-state index is -4.49. The first-order valence-electron chi connectivity index (χ1n) is 4.44. The zero-order valence-corrected chi connectivity index (χ0v) is 8.47. The smallest absolute Gasteiger partial charge is 0.419 e. The Hall–Kier alpha value is -1.72. The van der Waals surface area contributed by atoms with E-state index >= 15 is 0 Å². The van der Waals surface area contributed by atoms with Crippen LogP contribution in [0.1, 0.15) is 5.56 Å². The van der Waals surface area contributed by atoms with Crippen LogP contribution in [0.25, 0.3) is 0 Å². The van der Waals surface area contributed by atoms with Crippen molar-refractivity contribution in [2.24, 2.45) is 0 Å². The highest BCUT2D eigenvalue weighted by Crippen LogP contribution is 2.35. The van der Waals surface area contributed by atoms with Crippen LogP contribution in [0.15, 0.2) is 24.3 Å². The van der Waals surface area contributed by atoms with Gasteiger partial charge in [0.15, 0.2) is 6.61 Å². The molecular weight excluding hydrogens is 223 g/mol. The molecule has 6 heteroatoms. The Morgan fingerprint density at radius 3 is 2.56 bits per heavy atom. The van der Waals surface area contributed by atoms with Gasteiger partial charge in [-0.2, -0.15) is 13.2 Å². The molecule has 0 unspecified atom stereocenters. The standard InChI is InChI=1S/C10H10F3NO2/c1-14-9(15)6-16-8-5-3-2-4-7(8)10(11,12)13/h2-5H,6H2,1H3,(H,14,15). The maximum atomic E-state index is 12.5. The van der Waals surface area contributed by atoms with E-state index in [9.17, 15) is 18.0 Å². The number of para-hydroxylation sites is 1. The Morgan fingerprint density at radius 2 is 2.00 bits per heavy atom. The number of carbonyl (C=O) groups is 1. The molecule has 1 rings (SSSR count). The minimum Gasteiger partial charge on any atom is -0.483 e. The van der Waals surface area contributed by atoms with Gasteiger partial charge in [0.05, 0.1) is 5.56 Å². The summed E-state index contributed by atoms with van der Waals surface area (Å²) in [7, 11) is 1.38. The maximum Gasteiger partial charge on any atom is 0.419 e. The third-order valence-electron chi connectivity index (χ3n) is 1.83. The van der Waals surface area contributed by atoms with E-state index in [0.29, 0.717) is 0 Å². The molecule has 1 aromatic rings. The Kier molecular flexibility index (Phi) is 3.76. The predicted molar refractivity (Wildman–Crippen MR) is 51.0 cm³/mol. The van der Waals surface area contributed by atoms with Gasteiger partial charge in [0.1, 0.15) is 5.75 Å². The van der Waals surface area contributed by atoms with Crippen LogP contribution in [0.2, 0.25) is 0 Å². The van der Waals surface area contributed by atoms with Crippen molar-refractivity contribution in [3.05, 3.63) is 29.8 Å². The highest BCUT2D eigenvalue weighted by Gasteiger charge is 2.34. The fourth-order valence-corrected chi connectivity index (χ4v) is 1.04. The van der Waals surface area contributed by atoms with Gasteiger partial charge in [0.2, 0.25) is 0 Å². The number of hydrogen-bond acceptors (Lipinski definition) is 2. The molecule has 16 heavy (non-hydrogen) atoms. The van der Waals surface area contributed by atoms with Crippen molar-refractivity contribution >= 4 is 5.91 Å². The lowest BCUT2D eigenvalue weighted by atomic mass is 10.2. The molecule has 0 atom stereocenters. The Bertz CT molecular complexity index is 377. The van der Waals surface area contributed by atoms with Crippen LogP contribution in [0.3, 0.4) is 0 Å². The van der Waals surface area contributed by atoms with E-state index in [1.54, 1.807) is 0 Å². The molecule has 0 aromatic heterocycles. The van der Waals surface area contributed by atoms with Crippen LogP contribution < -0.4 is 10.1 Å². The minimum absolute atomic E-state index is 0.349. The van der Waals surface area contributed by atoms with Gasteiger partial charge < -0.3 is 10.1 Å². The average molecular weight is 233 g/mol. The molecule has 0 aliphatic rings. The van der Waals surface area contributed by atoms with Crippen LogP contribution in [0.4, 0.5) is 13.2 Å². The second kappa shape index (κ2) is 4.87. The largest absolute Gasteiger partial charge is 0.483 e. The SMILES string of the molecule is CNC(=O)COc1ccccc1C(F)(F)F. The summed E-state index contributed by atoms with van der Waals surface area (Å²) in [5.41, 5.74) is -0.890. The summed E-state index contributed by atoms with van der Waals surface area (Å²) in [5.74, 6) is -0.837. The van der Waals surface area contributed by atoms with E-state index in [0.717, 1.165) is 6.07 Å². The summed E-state index contributed by atoms with van der Waals surface area (Å²) in [4.78, 5) is 10.8. The van der Waals surface area contributed by atoms with E-state index in [1.165, 1.54) is 25.2 Å². The van der Waals surface area contributed by atoms with Crippen molar-refractivity contribution in [1.82, 2.24) is 5.32 Å². The monoisotopic (exact) mass is 233 g/mol. The topological polar surface area (TPSA) is 38.3 Å². The molecule has 1 amide bonds. The molecule has 0 heterocycles. The lowest BCUT2D eigenvalue weighted by molar-refractivity contribution is -0.139. The van der Waals surface area contributed by atoms with Gasteiger partial charge in [0.25, 0.3) is 5.91 Å². The second-order valence-electron chi connectivity index (χ2n) is 2.96. The Balaban J connectivity index is 2.84. The lowest BCUT2D eigenvalue weighted by Gasteiger charge is -2.12. The highest BCUT2D eigenvalue weighted by molar-refractivity contribution is 5.77. The van der Waals surface area contributed by atoms with Gasteiger partial charge in [-0.1, -0.05) is 12.1 Å². The maximum absolute atomic E-state index is 12.5. The molecule has 0 aliphatic heterocycles. The summed E-state index contributed by atoms with van der Waals surface area (Å²) in [5, 5.41) is 2.25. The van der Waals surface area contributed by atoms with E-state index in [-0.39, 0.29) is 5.75 Å². The molecule has 1 aromatic carbocycles. The van der Waals surface area contributed by atoms with Gasteiger partial charge in [0, 0.05) is 7.05 Å². The van der Waals surface area contributed by atoms with E-state index in [2.05, 4.69) is 5.32 Å². The zero-order chi connectivity index (χ0) is 12.2. The van der Waals surface area contributed by atoms with Crippen molar-refractivity contribution in [1.29, 1.82) is 0 Å². The summed E-state index contributed by atoms with van der Waals surface area (Å²) >= 11 is 0. The van der Waals surface area contributed by atoms with E-state index < -0.39 is 24.3 Å². The first-order valence-corrected chi connectivity index (χ1v) is 4.44. The second-order valence-corrected chi connectivity index (χ2v) is 2.96. The predicted octanol–water partition coefficient (Wildman–Crippen LogP) is 1.83. The van der Waals surface area contributed by atoms with Gasteiger partial charge in [-0.3, -0.25) is 4.79 Å². The number of rotatable bonds is 3. The van der Waals surface area contributed by atoms with E-state index in [1.807, 2.05) is 0 Å². The molecule has 1 N–H and O–H groups in total. The van der Waals surface area contributed by atoms with Crippen molar-refractivity contribution in [2.75, 3.05) is 13.7 Å². The molecule has 0 fully saturated rings. The Morgan fingerprint density at radius 1 is 1.38 bits per heavy atom. The first kappa shape index (κ1) is 12.4. The molecule has 0 bridgehead atoms. The van der Waals surface area contributed by atoms with Crippen molar-refractivity contribution in [3.63, 3.8) is 0 Å². The molecule has 0 saturated carbocycles. The number of alkyl halides is 3. The molecule has 0 aliphatic carbocycles. The summed E-state index contributed by atoms with van der Waals surface area (Å²) < 4.78 is 42.2. The van der Waals surface area contributed by atoms with Crippen LogP contribution in [0, 0.1) is 0 Å². The summed E-state index contributed by atoms with van der Waals surface area (Å²) in [6.45, 7) is -0.441. The number of halogens is 3. The fourth-order valence-electron chi connectivity index (χ4n) is 1.04. The van der Waals surface area contributed by atoms with Crippen LogP contribution in [0.5, 0.6) is 5.75 Å².